The standard InChI is InChI=1S/C16H19NO/c1-16(2,3)15(18)10-9-12-11-17(4)14-8-6-5-7-13(12)14/h5-11H,1-4H3. The molecule has 0 aliphatic carbocycles. The zero-order valence-electron chi connectivity index (χ0n) is 11.4. The number of ketones is 1. The highest BCUT2D eigenvalue weighted by Gasteiger charge is 2.18. The van der Waals surface area contributed by atoms with E-state index in [-0.39, 0.29) is 11.2 Å². The van der Waals surface area contributed by atoms with Gasteiger partial charge in [-0.15, -0.1) is 0 Å². The van der Waals surface area contributed by atoms with Crippen molar-refractivity contribution in [2.24, 2.45) is 12.5 Å². The second-order valence-electron chi connectivity index (χ2n) is 5.66. The molecule has 0 bridgehead atoms. The van der Waals surface area contributed by atoms with E-state index in [4.69, 9.17) is 0 Å². The number of rotatable bonds is 2. The third-order valence-electron chi connectivity index (χ3n) is 3.08. The molecule has 18 heavy (non-hydrogen) atoms. The summed E-state index contributed by atoms with van der Waals surface area (Å²) in [4.78, 5) is 11.9. The molecule has 0 atom stereocenters. The van der Waals surface area contributed by atoms with Gasteiger partial charge in [0.25, 0.3) is 0 Å². The fourth-order valence-corrected chi connectivity index (χ4v) is 1.92. The smallest absolute Gasteiger partial charge is 0.161 e. The highest BCUT2D eigenvalue weighted by Crippen LogP contribution is 2.22. The van der Waals surface area contributed by atoms with E-state index in [0.717, 1.165) is 5.56 Å². The number of fused-ring (bicyclic) bond motifs is 1. The Kier molecular flexibility index (Phi) is 3.12. The van der Waals surface area contributed by atoms with Crippen LogP contribution in [0.15, 0.2) is 36.5 Å². The molecule has 1 aromatic carbocycles. The van der Waals surface area contributed by atoms with Crippen molar-refractivity contribution < 1.29 is 4.79 Å². The van der Waals surface area contributed by atoms with Gasteiger partial charge < -0.3 is 4.57 Å². The van der Waals surface area contributed by atoms with Crippen LogP contribution in [0.25, 0.3) is 17.0 Å². The number of aryl methyl sites for hydroxylation is 1. The highest BCUT2D eigenvalue weighted by atomic mass is 16.1. The maximum atomic E-state index is 11.9. The van der Waals surface area contributed by atoms with E-state index in [1.807, 2.05) is 46.0 Å². The van der Waals surface area contributed by atoms with E-state index in [2.05, 4.69) is 22.9 Å². The average Bonchev–Trinajstić information content (AvgIpc) is 2.63. The minimum absolute atomic E-state index is 0.149. The first-order valence-corrected chi connectivity index (χ1v) is 6.16. The number of carbonyl (C=O) groups is 1. The molecule has 1 aromatic heterocycles. The Labute approximate surface area is 108 Å². The van der Waals surface area contributed by atoms with Crippen LogP contribution in [0.1, 0.15) is 26.3 Å². The van der Waals surface area contributed by atoms with Crippen molar-refractivity contribution in [3.8, 4) is 0 Å². The van der Waals surface area contributed by atoms with E-state index in [1.54, 1.807) is 6.08 Å². The highest BCUT2D eigenvalue weighted by molar-refractivity contribution is 5.99. The Balaban J connectivity index is 2.39. The second-order valence-corrected chi connectivity index (χ2v) is 5.66. The fraction of sp³-hybridized carbons (Fsp3) is 0.312. The lowest BCUT2D eigenvalue weighted by Crippen LogP contribution is -2.17. The van der Waals surface area contributed by atoms with Crippen LogP contribution in [-0.2, 0) is 11.8 Å². The third kappa shape index (κ3) is 2.37. The number of para-hydroxylation sites is 1. The lowest BCUT2D eigenvalue weighted by molar-refractivity contribution is -0.121. The Bertz CT molecular complexity index is 612. The van der Waals surface area contributed by atoms with Crippen molar-refractivity contribution in [3.05, 3.63) is 42.1 Å². The maximum Gasteiger partial charge on any atom is 0.161 e. The molecule has 0 radical (unpaired) electrons. The molecule has 0 unspecified atom stereocenters. The maximum absolute atomic E-state index is 11.9. The van der Waals surface area contributed by atoms with Gasteiger partial charge in [-0.2, -0.15) is 0 Å². The first kappa shape index (κ1) is 12.6. The molecule has 0 N–H and O–H groups in total. The van der Waals surface area contributed by atoms with E-state index in [0.29, 0.717) is 0 Å². The van der Waals surface area contributed by atoms with Crippen LogP contribution >= 0.6 is 0 Å². The largest absolute Gasteiger partial charge is 0.350 e. The molecular formula is C16H19NO. The number of hydrogen-bond donors (Lipinski definition) is 0. The number of benzene rings is 1. The molecule has 0 aliphatic heterocycles. The van der Waals surface area contributed by atoms with Crippen molar-refractivity contribution >= 4 is 22.8 Å². The number of nitrogens with zero attached hydrogens (tertiary/aromatic N) is 1. The normalized spacial score (nSPS) is 12.4. The molecule has 2 rings (SSSR count). The molecule has 0 saturated heterocycles. The van der Waals surface area contributed by atoms with Crippen LogP contribution in [0.4, 0.5) is 0 Å². The summed E-state index contributed by atoms with van der Waals surface area (Å²) in [6, 6.07) is 8.20. The van der Waals surface area contributed by atoms with Gasteiger partial charge in [0.15, 0.2) is 5.78 Å². The summed E-state index contributed by atoms with van der Waals surface area (Å²) in [5, 5.41) is 1.18. The topological polar surface area (TPSA) is 22.0 Å². The number of aromatic nitrogens is 1. The SMILES string of the molecule is Cn1cc(C=CC(=O)C(C)(C)C)c2ccccc21. The van der Waals surface area contributed by atoms with Crippen LogP contribution in [0, 0.1) is 5.41 Å². The van der Waals surface area contributed by atoms with Gasteiger partial charge in [0, 0.05) is 35.1 Å². The van der Waals surface area contributed by atoms with Crippen molar-refractivity contribution in [2.45, 2.75) is 20.8 Å². The molecule has 0 fully saturated rings. The molecule has 0 amide bonds. The van der Waals surface area contributed by atoms with Gasteiger partial charge in [0.05, 0.1) is 0 Å². The molecule has 2 heteroatoms. The molecule has 94 valence electrons. The number of carbonyl (C=O) groups excluding carboxylic acids is 1. The second kappa shape index (κ2) is 4.45. The van der Waals surface area contributed by atoms with Gasteiger partial charge in [0.1, 0.15) is 0 Å². The molecular weight excluding hydrogens is 222 g/mol. The summed E-state index contributed by atoms with van der Waals surface area (Å²) in [6.07, 6.45) is 5.65. The molecule has 0 spiro atoms. The quantitative estimate of drug-likeness (QED) is 0.733. The van der Waals surface area contributed by atoms with Crippen molar-refractivity contribution in [1.82, 2.24) is 4.57 Å². The fourth-order valence-electron chi connectivity index (χ4n) is 1.92. The minimum Gasteiger partial charge on any atom is -0.350 e. The number of allylic oxidation sites excluding steroid dienone is 1. The average molecular weight is 241 g/mol. The summed E-state index contributed by atoms with van der Waals surface area (Å²) in [5.74, 6) is 0.149. The van der Waals surface area contributed by atoms with Crippen molar-refractivity contribution in [3.63, 3.8) is 0 Å². The summed E-state index contributed by atoms with van der Waals surface area (Å²) in [7, 11) is 2.02. The summed E-state index contributed by atoms with van der Waals surface area (Å²) in [6.45, 7) is 5.80. The van der Waals surface area contributed by atoms with E-state index in [9.17, 15) is 4.79 Å². The van der Waals surface area contributed by atoms with Crippen LogP contribution in [-0.4, -0.2) is 10.4 Å². The molecule has 2 nitrogen and oxygen atoms in total. The van der Waals surface area contributed by atoms with Gasteiger partial charge in [-0.25, -0.2) is 0 Å². The van der Waals surface area contributed by atoms with Gasteiger partial charge in [-0.05, 0) is 18.2 Å². The summed E-state index contributed by atoms with van der Waals surface area (Å²) < 4.78 is 2.08. The van der Waals surface area contributed by atoms with Crippen LogP contribution < -0.4 is 0 Å². The van der Waals surface area contributed by atoms with E-state index >= 15 is 0 Å². The van der Waals surface area contributed by atoms with E-state index < -0.39 is 0 Å². The predicted molar refractivity (Wildman–Crippen MR) is 76.4 cm³/mol. The van der Waals surface area contributed by atoms with Crippen LogP contribution in [0.2, 0.25) is 0 Å². The van der Waals surface area contributed by atoms with E-state index in [1.165, 1.54) is 10.9 Å². The van der Waals surface area contributed by atoms with Crippen LogP contribution in [0.5, 0.6) is 0 Å². The lowest BCUT2D eigenvalue weighted by Gasteiger charge is -2.12. The molecule has 1 heterocycles. The number of hydrogen-bond acceptors (Lipinski definition) is 1. The molecule has 0 aliphatic rings. The van der Waals surface area contributed by atoms with Crippen molar-refractivity contribution in [2.75, 3.05) is 0 Å². The first-order valence-electron chi connectivity index (χ1n) is 6.16. The van der Waals surface area contributed by atoms with Gasteiger partial charge in [0.2, 0.25) is 0 Å². The Hall–Kier alpha value is -1.83. The Morgan fingerprint density at radius 1 is 1.22 bits per heavy atom. The zero-order valence-corrected chi connectivity index (χ0v) is 11.4. The zero-order chi connectivity index (χ0) is 13.3. The third-order valence-corrected chi connectivity index (χ3v) is 3.08. The first-order chi connectivity index (χ1) is 8.39. The van der Waals surface area contributed by atoms with Gasteiger partial charge >= 0.3 is 0 Å². The Morgan fingerprint density at radius 2 is 1.89 bits per heavy atom. The predicted octanol–water partition coefficient (Wildman–Crippen LogP) is 3.81. The monoisotopic (exact) mass is 241 g/mol. The van der Waals surface area contributed by atoms with Crippen molar-refractivity contribution in [1.29, 1.82) is 0 Å². The lowest BCUT2D eigenvalue weighted by atomic mass is 9.90. The summed E-state index contributed by atoms with van der Waals surface area (Å²) in [5.41, 5.74) is 1.95. The van der Waals surface area contributed by atoms with Gasteiger partial charge in [-0.3, -0.25) is 4.79 Å². The summed E-state index contributed by atoms with van der Waals surface area (Å²) >= 11 is 0. The van der Waals surface area contributed by atoms with Gasteiger partial charge in [-0.1, -0.05) is 39.0 Å². The van der Waals surface area contributed by atoms with Crippen LogP contribution in [0.3, 0.4) is 0 Å². The Morgan fingerprint density at radius 3 is 2.56 bits per heavy atom. The molecule has 2 aromatic rings. The molecule has 0 saturated carbocycles. The minimum atomic E-state index is -0.318.